The van der Waals surface area contributed by atoms with Crippen LogP contribution in [0.4, 0.5) is 0 Å². The van der Waals surface area contributed by atoms with Gasteiger partial charge in [0.15, 0.2) is 0 Å². The zero-order chi connectivity index (χ0) is 14.3. The molecule has 0 aliphatic carbocycles. The number of carbonyl (C=O) groups excluding carboxylic acids is 1. The minimum Gasteiger partial charge on any atom is -0.385 e. The lowest BCUT2D eigenvalue weighted by molar-refractivity contribution is -0.126. The van der Waals surface area contributed by atoms with Crippen molar-refractivity contribution in [1.82, 2.24) is 9.62 Å². The highest BCUT2D eigenvalue weighted by molar-refractivity contribution is 7.88. The minimum atomic E-state index is -3.11. The number of hydrogen-bond donors (Lipinski definition) is 1. The summed E-state index contributed by atoms with van der Waals surface area (Å²) in [4.78, 5) is 11.9. The molecule has 1 aliphatic rings. The Bertz CT molecular complexity index is 375. The molecule has 0 aromatic heterocycles. The predicted octanol–water partition coefficient (Wildman–Crippen LogP) is 0.201. The Kier molecular flexibility index (Phi) is 6.74. The van der Waals surface area contributed by atoms with Gasteiger partial charge in [-0.05, 0) is 25.7 Å². The van der Waals surface area contributed by atoms with Crippen molar-refractivity contribution in [2.75, 3.05) is 39.6 Å². The van der Waals surface area contributed by atoms with Crippen molar-refractivity contribution in [2.24, 2.45) is 5.92 Å². The average molecular weight is 292 g/mol. The molecule has 0 aromatic carbocycles. The molecule has 1 saturated heterocycles. The van der Waals surface area contributed by atoms with E-state index in [1.54, 1.807) is 7.11 Å². The number of sulfonamides is 1. The molecule has 0 atom stereocenters. The lowest BCUT2D eigenvalue weighted by Gasteiger charge is -2.29. The Morgan fingerprint density at radius 2 is 1.95 bits per heavy atom. The number of hydrogen-bond acceptors (Lipinski definition) is 4. The molecule has 1 N–H and O–H groups in total. The minimum absolute atomic E-state index is 0.0468. The second-order valence-electron chi connectivity index (χ2n) is 4.93. The van der Waals surface area contributed by atoms with Crippen LogP contribution in [0.2, 0.25) is 0 Å². The largest absolute Gasteiger partial charge is 0.385 e. The molecule has 7 heteroatoms. The quantitative estimate of drug-likeness (QED) is 0.680. The van der Waals surface area contributed by atoms with Crippen LogP contribution in [0.5, 0.6) is 0 Å². The predicted molar refractivity (Wildman–Crippen MR) is 73.3 cm³/mol. The lowest BCUT2D eigenvalue weighted by atomic mass is 9.97. The van der Waals surface area contributed by atoms with Crippen LogP contribution in [0.25, 0.3) is 0 Å². The van der Waals surface area contributed by atoms with Crippen LogP contribution in [0.1, 0.15) is 25.7 Å². The highest BCUT2D eigenvalue weighted by Gasteiger charge is 2.28. The fourth-order valence-corrected chi connectivity index (χ4v) is 3.05. The molecule has 1 amide bonds. The topological polar surface area (TPSA) is 75.7 Å². The fourth-order valence-electron chi connectivity index (χ4n) is 2.18. The summed E-state index contributed by atoms with van der Waals surface area (Å²) in [6, 6.07) is 0. The maximum atomic E-state index is 11.9. The lowest BCUT2D eigenvalue weighted by Crippen LogP contribution is -2.42. The van der Waals surface area contributed by atoms with E-state index in [4.69, 9.17) is 4.74 Å². The van der Waals surface area contributed by atoms with Crippen molar-refractivity contribution in [2.45, 2.75) is 25.7 Å². The number of rotatable bonds is 7. The summed E-state index contributed by atoms with van der Waals surface area (Å²) in [5.74, 6) is -0.00834. The normalized spacial score (nSPS) is 18.4. The zero-order valence-corrected chi connectivity index (χ0v) is 12.5. The van der Waals surface area contributed by atoms with E-state index in [2.05, 4.69) is 5.32 Å². The van der Waals surface area contributed by atoms with Crippen LogP contribution in [-0.4, -0.2) is 58.2 Å². The third-order valence-corrected chi connectivity index (χ3v) is 4.67. The van der Waals surface area contributed by atoms with Crippen molar-refractivity contribution in [3.8, 4) is 0 Å². The molecule has 0 spiro atoms. The van der Waals surface area contributed by atoms with E-state index in [-0.39, 0.29) is 11.8 Å². The Balaban J connectivity index is 2.22. The molecule has 0 unspecified atom stereocenters. The van der Waals surface area contributed by atoms with Gasteiger partial charge >= 0.3 is 0 Å². The highest BCUT2D eigenvalue weighted by Crippen LogP contribution is 2.19. The van der Waals surface area contributed by atoms with Gasteiger partial charge in [0.1, 0.15) is 0 Å². The van der Waals surface area contributed by atoms with E-state index in [0.717, 1.165) is 12.8 Å². The molecule has 1 fully saturated rings. The number of amides is 1. The van der Waals surface area contributed by atoms with Crippen LogP contribution in [0, 0.1) is 5.92 Å². The number of methoxy groups -OCH3 is 1. The number of ether oxygens (including phenoxy) is 1. The van der Waals surface area contributed by atoms with E-state index < -0.39 is 10.0 Å². The van der Waals surface area contributed by atoms with Gasteiger partial charge in [-0.25, -0.2) is 12.7 Å². The van der Waals surface area contributed by atoms with Crippen LogP contribution in [0.15, 0.2) is 0 Å². The monoisotopic (exact) mass is 292 g/mol. The molecule has 0 bridgehead atoms. The Morgan fingerprint density at radius 3 is 2.47 bits per heavy atom. The Hall–Kier alpha value is -0.660. The number of unbranched alkanes of at least 4 members (excludes halogenated alkanes) is 1. The molecule has 0 saturated carbocycles. The molecule has 19 heavy (non-hydrogen) atoms. The zero-order valence-electron chi connectivity index (χ0n) is 11.7. The van der Waals surface area contributed by atoms with Crippen molar-refractivity contribution in [3.63, 3.8) is 0 Å². The third-order valence-electron chi connectivity index (χ3n) is 3.37. The Morgan fingerprint density at radius 1 is 1.32 bits per heavy atom. The van der Waals surface area contributed by atoms with E-state index in [1.165, 1.54) is 10.6 Å². The van der Waals surface area contributed by atoms with Crippen LogP contribution >= 0.6 is 0 Å². The average Bonchev–Trinajstić information content (AvgIpc) is 2.37. The van der Waals surface area contributed by atoms with Gasteiger partial charge in [0.2, 0.25) is 15.9 Å². The van der Waals surface area contributed by atoms with E-state index in [1.807, 2.05) is 0 Å². The molecule has 1 aliphatic heterocycles. The van der Waals surface area contributed by atoms with Crippen molar-refractivity contribution >= 4 is 15.9 Å². The molecular weight excluding hydrogens is 268 g/mol. The number of piperidine rings is 1. The second kappa shape index (κ2) is 7.81. The summed E-state index contributed by atoms with van der Waals surface area (Å²) in [6.45, 7) is 2.26. The van der Waals surface area contributed by atoms with Crippen LogP contribution in [-0.2, 0) is 19.6 Å². The van der Waals surface area contributed by atoms with E-state index >= 15 is 0 Å². The molecule has 0 radical (unpaired) electrons. The van der Waals surface area contributed by atoms with Crippen molar-refractivity contribution < 1.29 is 17.9 Å². The van der Waals surface area contributed by atoms with Gasteiger partial charge in [-0.2, -0.15) is 0 Å². The van der Waals surface area contributed by atoms with Gasteiger partial charge in [0.05, 0.1) is 6.26 Å². The molecule has 1 rings (SSSR count). The standard InChI is InChI=1S/C12H24N2O4S/c1-18-10-4-3-7-13-12(15)11-5-8-14(9-6-11)19(2,16)17/h11H,3-10H2,1-2H3,(H,13,15). The van der Waals surface area contributed by atoms with Gasteiger partial charge in [-0.15, -0.1) is 0 Å². The summed E-state index contributed by atoms with van der Waals surface area (Å²) >= 11 is 0. The van der Waals surface area contributed by atoms with Crippen LogP contribution < -0.4 is 5.32 Å². The summed E-state index contributed by atoms with van der Waals surface area (Å²) in [7, 11) is -1.45. The van der Waals surface area contributed by atoms with Crippen LogP contribution in [0.3, 0.4) is 0 Å². The Labute approximate surface area is 115 Å². The summed E-state index contributed by atoms with van der Waals surface area (Å²) in [5, 5.41) is 2.90. The molecule has 112 valence electrons. The number of nitrogens with zero attached hydrogens (tertiary/aromatic N) is 1. The summed E-state index contributed by atoms with van der Waals surface area (Å²) in [5.41, 5.74) is 0. The van der Waals surface area contributed by atoms with Gasteiger partial charge in [0, 0.05) is 39.3 Å². The first-order valence-electron chi connectivity index (χ1n) is 6.67. The van der Waals surface area contributed by atoms with Crippen molar-refractivity contribution in [1.29, 1.82) is 0 Å². The van der Waals surface area contributed by atoms with Gasteiger partial charge < -0.3 is 10.1 Å². The van der Waals surface area contributed by atoms with Crippen molar-refractivity contribution in [3.05, 3.63) is 0 Å². The molecule has 0 aromatic rings. The second-order valence-corrected chi connectivity index (χ2v) is 6.91. The number of nitrogens with one attached hydrogen (secondary N) is 1. The summed E-state index contributed by atoms with van der Waals surface area (Å²) in [6.07, 6.45) is 4.27. The van der Waals surface area contributed by atoms with E-state index in [9.17, 15) is 13.2 Å². The van der Waals surface area contributed by atoms with Gasteiger partial charge in [-0.3, -0.25) is 4.79 Å². The van der Waals surface area contributed by atoms with Gasteiger partial charge in [0.25, 0.3) is 0 Å². The number of carbonyl (C=O) groups is 1. The van der Waals surface area contributed by atoms with Gasteiger partial charge in [-0.1, -0.05) is 0 Å². The highest BCUT2D eigenvalue weighted by atomic mass is 32.2. The fraction of sp³-hybridized carbons (Fsp3) is 0.917. The maximum absolute atomic E-state index is 11.9. The molecular formula is C12H24N2O4S. The first kappa shape index (κ1) is 16.4. The maximum Gasteiger partial charge on any atom is 0.223 e. The summed E-state index contributed by atoms with van der Waals surface area (Å²) < 4.78 is 29.1. The van der Waals surface area contributed by atoms with E-state index in [0.29, 0.717) is 39.1 Å². The smallest absolute Gasteiger partial charge is 0.223 e. The first-order valence-corrected chi connectivity index (χ1v) is 8.51. The first-order chi connectivity index (χ1) is 8.95. The molecule has 1 heterocycles. The third kappa shape index (κ3) is 5.88. The SMILES string of the molecule is COCCCCNC(=O)C1CCN(S(C)(=O)=O)CC1. The molecule has 6 nitrogen and oxygen atoms in total.